The second kappa shape index (κ2) is 8.63. The summed E-state index contributed by atoms with van der Waals surface area (Å²) in [6.45, 7) is 0. The van der Waals surface area contributed by atoms with Crippen LogP contribution in [0.1, 0.15) is 5.56 Å². The largest absolute Gasteiger partial charge is 2.00 e. The maximum absolute atomic E-state index is 10.7. The summed E-state index contributed by atoms with van der Waals surface area (Å²) in [6.07, 6.45) is 0.327. The van der Waals surface area contributed by atoms with Gasteiger partial charge in [-0.3, -0.25) is 4.79 Å². The Balaban J connectivity index is 0. The number of esters is 1. The summed E-state index contributed by atoms with van der Waals surface area (Å²) < 4.78 is 4.50. The van der Waals surface area contributed by atoms with Gasteiger partial charge in [-0.05, 0) is 0 Å². The third-order valence-electron chi connectivity index (χ3n) is 1.35. The number of rotatable bonds is 2. The maximum Gasteiger partial charge on any atom is 2.00 e. The van der Waals surface area contributed by atoms with E-state index in [1.165, 1.54) is 7.11 Å². The molecule has 4 heteroatoms. The van der Waals surface area contributed by atoms with E-state index in [4.69, 9.17) is 0 Å². The van der Waals surface area contributed by atoms with Crippen LogP contribution in [0.25, 0.3) is 0 Å². The first-order valence-corrected chi connectivity index (χ1v) is 3.34. The van der Waals surface area contributed by atoms with Gasteiger partial charge in [0.25, 0.3) is 5.97 Å². The van der Waals surface area contributed by atoms with Gasteiger partial charge < -0.3 is 28.7 Å². The minimum atomic E-state index is -0.218. The van der Waals surface area contributed by atoms with Crippen molar-refractivity contribution < 1.29 is 53.0 Å². The van der Waals surface area contributed by atoms with Crippen molar-refractivity contribution in [3.8, 4) is 0 Å². The molecular weight excluding hydrogens is 332 g/mol. The molecule has 0 N–H and O–H groups in total. The molecule has 0 saturated carbocycles. The van der Waals surface area contributed by atoms with Gasteiger partial charge in [0.15, 0.2) is 0 Å². The van der Waals surface area contributed by atoms with Gasteiger partial charge in [0.05, 0.1) is 7.11 Å². The summed E-state index contributed by atoms with van der Waals surface area (Å²) in [5, 5.41) is 0. The topological polar surface area (TPSA) is 26.3 Å². The van der Waals surface area contributed by atoms with E-state index < -0.39 is 0 Å². The SMILES string of the molecule is COC(=O)Cc1c[c-]ccc1.[I-].[Zn+2]. The van der Waals surface area contributed by atoms with Crippen LogP contribution >= 0.6 is 0 Å². The zero-order valence-electron chi connectivity index (χ0n) is 7.42. The van der Waals surface area contributed by atoms with Gasteiger partial charge in [0.1, 0.15) is 0 Å². The number of ether oxygens (including phenoxy) is 1. The van der Waals surface area contributed by atoms with Crippen LogP contribution in [-0.4, -0.2) is 13.1 Å². The fourth-order valence-corrected chi connectivity index (χ4v) is 0.779. The van der Waals surface area contributed by atoms with Crippen LogP contribution in [0.3, 0.4) is 0 Å². The van der Waals surface area contributed by atoms with Crippen LogP contribution in [0.4, 0.5) is 0 Å². The number of hydrogen-bond donors (Lipinski definition) is 0. The van der Waals surface area contributed by atoms with E-state index in [0.717, 1.165) is 5.56 Å². The monoisotopic (exact) mass is 340 g/mol. The van der Waals surface area contributed by atoms with Crippen LogP contribution < -0.4 is 24.0 Å². The van der Waals surface area contributed by atoms with Crippen molar-refractivity contribution >= 4 is 5.97 Å². The fraction of sp³-hybridized carbons (Fsp3) is 0.222. The third kappa shape index (κ3) is 6.16. The van der Waals surface area contributed by atoms with E-state index in [2.05, 4.69) is 10.8 Å². The normalized spacial score (nSPS) is 7.77. The molecule has 13 heavy (non-hydrogen) atoms. The van der Waals surface area contributed by atoms with E-state index in [-0.39, 0.29) is 49.4 Å². The van der Waals surface area contributed by atoms with E-state index in [9.17, 15) is 4.79 Å². The molecule has 0 aliphatic heterocycles. The number of halogens is 1. The van der Waals surface area contributed by atoms with Crippen molar-refractivity contribution in [2.24, 2.45) is 0 Å². The van der Waals surface area contributed by atoms with E-state index in [0.29, 0.717) is 6.42 Å². The Kier molecular flexibility index (Phi) is 10.3. The first-order valence-electron chi connectivity index (χ1n) is 3.34. The zero-order valence-corrected chi connectivity index (χ0v) is 12.5. The van der Waals surface area contributed by atoms with Crippen molar-refractivity contribution in [3.63, 3.8) is 0 Å². The molecule has 66 valence electrons. The molecule has 0 atom stereocenters. The molecule has 0 saturated heterocycles. The van der Waals surface area contributed by atoms with E-state index in [1.54, 1.807) is 12.1 Å². The Morgan fingerprint density at radius 3 is 2.77 bits per heavy atom. The summed E-state index contributed by atoms with van der Waals surface area (Å²) in [4.78, 5) is 10.7. The summed E-state index contributed by atoms with van der Waals surface area (Å²) in [7, 11) is 1.38. The van der Waals surface area contributed by atoms with Crippen LogP contribution in [0.15, 0.2) is 24.3 Å². The Hall–Kier alpha value is 0.0434. The summed E-state index contributed by atoms with van der Waals surface area (Å²) >= 11 is 0. The average molecular weight is 341 g/mol. The molecule has 0 bridgehead atoms. The van der Waals surface area contributed by atoms with Gasteiger partial charge in [0, 0.05) is 6.42 Å². The van der Waals surface area contributed by atoms with Gasteiger partial charge in [-0.15, -0.1) is 5.56 Å². The van der Waals surface area contributed by atoms with Gasteiger partial charge in [-0.2, -0.15) is 30.3 Å². The van der Waals surface area contributed by atoms with Gasteiger partial charge in [-0.1, -0.05) is 0 Å². The second-order valence-corrected chi connectivity index (χ2v) is 2.16. The molecule has 0 aromatic heterocycles. The maximum atomic E-state index is 10.7. The van der Waals surface area contributed by atoms with Crippen molar-refractivity contribution in [3.05, 3.63) is 35.9 Å². The van der Waals surface area contributed by atoms with Crippen LogP contribution in [0, 0.1) is 6.07 Å². The number of hydrogen-bond acceptors (Lipinski definition) is 2. The molecule has 0 heterocycles. The molecule has 0 radical (unpaired) electrons. The molecule has 0 unspecified atom stereocenters. The van der Waals surface area contributed by atoms with Crippen LogP contribution in [0.2, 0.25) is 0 Å². The number of methoxy groups -OCH3 is 1. The molecule has 0 aliphatic carbocycles. The standard InChI is InChI=1S/C9H9O2.HI.Zn/c1-11-9(10)7-8-5-3-2-4-6-8;;/h2-3,5-6H,7H2,1H3;1H;/q-1;;+2/p-1. The Morgan fingerprint density at radius 2 is 2.31 bits per heavy atom. The molecule has 1 rings (SSSR count). The third-order valence-corrected chi connectivity index (χ3v) is 1.35. The predicted molar refractivity (Wildman–Crippen MR) is 41.0 cm³/mol. The van der Waals surface area contributed by atoms with Crippen LogP contribution in [0.5, 0.6) is 0 Å². The molecule has 0 aliphatic rings. The Bertz CT molecular complexity index is 239. The average Bonchev–Trinajstić information content (AvgIpc) is 2.06. The zero-order chi connectivity index (χ0) is 8.10. The van der Waals surface area contributed by atoms with Gasteiger partial charge in [0.2, 0.25) is 0 Å². The van der Waals surface area contributed by atoms with Crippen molar-refractivity contribution in [2.45, 2.75) is 6.42 Å². The second-order valence-electron chi connectivity index (χ2n) is 2.16. The number of carbonyl (C=O) groups excluding carboxylic acids is 1. The first kappa shape index (κ1) is 15.5. The van der Waals surface area contributed by atoms with E-state index in [1.807, 2.05) is 12.1 Å². The van der Waals surface area contributed by atoms with Crippen molar-refractivity contribution in [2.75, 3.05) is 7.11 Å². The summed E-state index contributed by atoms with van der Waals surface area (Å²) in [5.74, 6) is -0.218. The quantitative estimate of drug-likeness (QED) is 0.275. The number of benzene rings is 1. The molecule has 1 aromatic carbocycles. The smallest absolute Gasteiger partial charge is 1.00 e. The molecule has 1 aromatic rings. The van der Waals surface area contributed by atoms with Crippen LogP contribution in [-0.2, 0) is 35.4 Å². The van der Waals surface area contributed by atoms with Gasteiger partial charge >= 0.3 is 19.5 Å². The molecule has 2 nitrogen and oxygen atoms in total. The van der Waals surface area contributed by atoms with Gasteiger partial charge in [-0.25, -0.2) is 0 Å². The van der Waals surface area contributed by atoms with E-state index >= 15 is 0 Å². The fourth-order valence-electron chi connectivity index (χ4n) is 0.779. The molecule has 0 spiro atoms. The molecule has 0 amide bonds. The Morgan fingerprint density at radius 1 is 1.62 bits per heavy atom. The first-order chi connectivity index (χ1) is 5.33. The number of carbonyl (C=O) groups is 1. The summed E-state index contributed by atoms with van der Waals surface area (Å²) in [5.41, 5.74) is 0.930. The minimum Gasteiger partial charge on any atom is -1.00 e. The summed E-state index contributed by atoms with van der Waals surface area (Å²) in [6, 6.07) is 10.2. The molecular formula is C9H9IO2Zn. The van der Waals surface area contributed by atoms with Crippen molar-refractivity contribution in [1.82, 2.24) is 0 Å². The van der Waals surface area contributed by atoms with Crippen molar-refractivity contribution in [1.29, 1.82) is 0 Å². The molecule has 0 fully saturated rings. The minimum absolute atomic E-state index is 0. The predicted octanol–water partition coefficient (Wildman–Crippen LogP) is -1.80. The Labute approximate surface area is 108 Å².